The van der Waals surface area contributed by atoms with Gasteiger partial charge in [-0.2, -0.15) is 0 Å². The van der Waals surface area contributed by atoms with Gasteiger partial charge >= 0.3 is 0 Å². The highest BCUT2D eigenvalue weighted by atomic mass is 16.5. The maximum absolute atomic E-state index is 7.19. The van der Waals surface area contributed by atoms with Crippen molar-refractivity contribution in [2.24, 2.45) is 5.41 Å². The molecular weight excluding hydrogens is 150 g/mol. The lowest BCUT2D eigenvalue weighted by atomic mass is 9.87. The van der Waals surface area contributed by atoms with E-state index in [1.807, 2.05) is 6.08 Å². The van der Waals surface area contributed by atoms with Crippen molar-refractivity contribution >= 4 is 5.90 Å². The van der Waals surface area contributed by atoms with Crippen LogP contribution in [0.2, 0.25) is 0 Å². The molecule has 0 radical (unpaired) electrons. The van der Waals surface area contributed by atoms with Gasteiger partial charge in [0.2, 0.25) is 5.90 Å². The Balaban J connectivity index is 4.19. The first-order chi connectivity index (χ1) is 5.38. The Labute approximate surface area is 74.4 Å². The fraction of sp³-hybridized carbons (Fsp3) is 0.500. The third-order valence-electron chi connectivity index (χ3n) is 1.62. The minimum absolute atomic E-state index is 0.0600. The lowest BCUT2D eigenvalue weighted by Gasteiger charge is -2.18. The summed E-state index contributed by atoms with van der Waals surface area (Å²) in [5.74, 6) is 0.153. The fourth-order valence-corrected chi connectivity index (χ4v) is 0.494. The zero-order valence-electron chi connectivity index (χ0n) is 8.27. The summed E-state index contributed by atoms with van der Waals surface area (Å²) in [4.78, 5) is 0. The molecule has 0 atom stereocenters. The lowest BCUT2D eigenvalue weighted by molar-refractivity contribution is 0.403. The van der Waals surface area contributed by atoms with Crippen molar-refractivity contribution in [3.8, 4) is 0 Å². The standard InChI is InChI=1S/C10H17NO/c1-8(10(2,3)4)6-7-9(11)12-5/h6-7,11H,1H2,2-5H3/b7-6-,11-9?. The summed E-state index contributed by atoms with van der Waals surface area (Å²) in [6.07, 6.45) is 3.42. The summed E-state index contributed by atoms with van der Waals surface area (Å²) in [5, 5.41) is 7.19. The Morgan fingerprint density at radius 1 is 1.33 bits per heavy atom. The van der Waals surface area contributed by atoms with E-state index in [0.29, 0.717) is 0 Å². The molecule has 0 saturated carbocycles. The quantitative estimate of drug-likeness (QED) is 0.383. The highest BCUT2D eigenvalue weighted by molar-refractivity contribution is 5.85. The molecular formula is C10H17NO. The molecule has 0 amide bonds. The molecule has 2 nitrogen and oxygen atoms in total. The van der Waals surface area contributed by atoms with E-state index in [4.69, 9.17) is 5.41 Å². The van der Waals surface area contributed by atoms with Crippen molar-refractivity contribution in [3.05, 3.63) is 24.3 Å². The summed E-state index contributed by atoms with van der Waals surface area (Å²) in [5.41, 5.74) is 1.05. The summed E-state index contributed by atoms with van der Waals surface area (Å²) >= 11 is 0. The highest BCUT2D eigenvalue weighted by Crippen LogP contribution is 2.23. The van der Waals surface area contributed by atoms with Crippen LogP contribution in [0, 0.1) is 10.8 Å². The molecule has 0 aliphatic carbocycles. The summed E-state index contributed by atoms with van der Waals surface area (Å²) < 4.78 is 4.67. The van der Waals surface area contributed by atoms with Crippen LogP contribution in [0.1, 0.15) is 20.8 Å². The SMILES string of the molecule is C=C(/C=C\C(=N)OC)C(C)(C)C. The molecule has 2 heteroatoms. The third-order valence-corrected chi connectivity index (χ3v) is 1.62. The predicted molar refractivity (Wildman–Crippen MR) is 52.5 cm³/mol. The van der Waals surface area contributed by atoms with Crippen LogP contribution in [0.5, 0.6) is 0 Å². The molecule has 0 aliphatic rings. The van der Waals surface area contributed by atoms with Crippen LogP contribution < -0.4 is 0 Å². The van der Waals surface area contributed by atoms with Crippen LogP contribution >= 0.6 is 0 Å². The average Bonchev–Trinajstić information content (AvgIpc) is 1.97. The molecule has 0 aliphatic heterocycles. The van der Waals surface area contributed by atoms with Gasteiger partial charge in [0.25, 0.3) is 0 Å². The zero-order valence-corrected chi connectivity index (χ0v) is 8.27. The van der Waals surface area contributed by atoms with Gasteiger partial charge in [0.1, 0.15) is 0 Å². The minimum Gasteiger partial charge on any atom is -0.481 e. The molecule has 0 rings (SSSR count). The van der Waals surface area contributed by atoms with Crippen molar-refractivity contribution in [2.75, 3.05) is 7.11 Å². The van der Waals surface area contributed by atoms with Crippen molar-refractivity contribution < 1.29 is 4.74 Å². The highest BCUT2D eigenvalue weighted by Gasteiger charge is 2.11. The van der Waals surface area contributed by atoms with Gasteiger partial charge in [-0.3, -0.25) is 5.41 Å². The van der Waals surface area contributed by atoms with E-state index in [2.05, 4.69) is 32.1 Å². The molecule has 0 aromatic rings. The number of ether oxygens (including phenoxy) is 1. The van der Waals surface area contributed by atoms with Crippen molar-refractivity contribution in [2.45, 2.75) is 20.8 Å². The van der Waals surface area contributed by atoms with Crippen LogP contribution in [0.15, 0.2) is 24.3 Å². The number of hydrogen-bond donors (Lipinski definition) is 1. The van der Waals surface area contributed by atoms with Gasteiger partial charge in [0, 0.05) is 0 Å². The monoisotopic (exact) mass is 167 g/mol. The number of allylic oxidation sites excluding steroid dienone is 2. The van der Waals surface area contributed by atoms with Gasteiger partial charge in [-0.25, -0.2) is 0 Å². The minimum atomic E-state index is 0.0600. The number of rotatable bonds is 2. The number of methoxy groups -OCH3 is 1. The Morgan fingerprint density at radius 3 is 2.17 bits per heavy atom. The van der Waals surface area contributed by atoms with Crippen LogP contribution in [0.25, 0.3) is 0 Å². The Kier molecular flexibility index (Phi) is 3.74. The largest absolute Gasteiger partial charge is 0.481 e. The maximum Gasteiger partial charge on any atom is 0.205 e. The molecule has 68 valence electrons. The topological polar surface area (TPSA) is 33.1 Å². The molecule has 0 aromatic carbocycles. The summed E-state index contributed by atoms with van der Waals surface area (Å²) in [7, 11) is 1.48. The molecule has 12 heavy (non-hydrogen) atoms. The zero-order chi connectivity index (χ0) is 9.78. The summed E-state index contributed by atoms with van der Waals surface area (Å²) in [6, 6.07) is 0. The van der Waals surface area contributed by atoms with E-state index in [-0.39, 0.29) is 11.3 Å². The average molecular weight is 167 g/mol. The van der Waals surface area contributed by atoms with E-state index in [9.17, 15) is 0 Å². The summed E-state index contributed by atoms with van der Waals surface area (Å²) in [6.45, 7) is 10.1. The van der Waals surface area contributed by atoms with Gasteiger partial charge in [0.05, 0.1) is 7.11 Å². The third kappa shape index (κ3) is 3.96. The molecule has 0 fully saturated rings. The van der Waals surface area contributed by atoms with Crippen LogP contribution in [-0.2, 0) is 4.74 Å². The van der Waals surface area contributed by atoms with E-state index >= 15 is 0 Å². The smallest absolute Gasteiger partial charge is 0.205 e. The van der Waals surface area contributed by atoms with Gasteiger partial charge in [-0.05, 0) is 17.1 Å². The molecule has 0 saturated heterocycles. The van der Waals surface area contributed by atoms with E-state index in [0.717, 1.165) is 5.57 Å². The second-order valence-electron chi connectivity index (χ2n) is 3.68. The van der Waals surface area contributed by atoms with E-state index in [1.165, 1.54) is 7.11 Å². The Bertz CT molecular complexity index is 208. The first kappa shape index (κ1) is 11.0. The predicted octanol–water partition coefficient (Wildman–Crippen LogP) is 2.77. The Morgan fingerprint density at radius 2 is 1.83 bits per heavy atom. The molecule has 0 heterocycles. The Hall–Kier alpha value is -1.05. The van der Waals surface area contributed by atoms with Crippen LogP contribution in [0.3, 0.4) is 0 Å². The fourth-order valence-electron chi connectivity index (χ4n) is 0.494. The van der Waals surface area contributed by atoms with Crippen molar-refractivity contribution in [3.63, 3.8) is 0 Å². The van der Waals surface area contributed by atoms with E-state index in [1.54, 1.807) is 6.08 Å². The van der Waals surface area contributed by atoms with Crippen molar-refractivity contribution in [1.82, 2.24) is 0 Å². The molecule has 0 spiro atoms. The maximum atomic E-state index is 7.19. The van der Waals surface area contributed by atoms with Crippen LogP contribution in [-0.4, -0.2) is 13.0 Å². The second kappa shape index (κ2) is 4.10. The lowest BCUT2D eigenvalue weighted by Crippen LogP contribution is -2.06. The first-order valence-electron chi connectivity index (χ1n) is 3.88. The van der Waals surface area contributed by atoms with Gasteiger partial charge in [-0.15, -0.1) is 0 Å². The molecule has 1 N–H and O–H groups in total. The normalized spacial score (nSPS) is 11.7. The van der Waals surface area contributed by atoms with E-state index < -0.39 is 0 Å². The van der Waals surface area contributed by atoms with Gasteiger partial charge in [-0.1, -0.05) is 33.4 Å². The van der Waals surface area contributed by atoms with Gasteiger partial charge in [0.15, 0.2) is 0 Å². The molecule has 0 unspecified atom stereocenters. The molecule has 0 bridgehead atoms. The van der Waals surface area contributed by atoms with Crippen LogP contribution in [0.4, 0.5) is 0 Å². The number of nitrogens with one attached hydrogen (secondary N) is 1. The first-order valence-corrected chi connectivity index (χ1v) is 3.88. The number of hydrogen-bond acceptors (Lipinski definition) is 2. The second-order valence-corrected chi connectivity index (χ2v) is 3.68. The van der Waals surface area contributed by atoms with Gasteiger partial charge < -0.3 is 4.74 Å². The molecule has 0 aromatic heterocycles. The van der Waals surface area contributed by atoms with Crippen molar-refractivity contribution in [1.29, 1.82) is 5.41 Å².